The van der Waals surface area contributed by atoms with Crippen LogP contribution in [0.2, 0.25) is 0 Å². The largest absolute Gasteiger partial charge is 0.322 e. The summed E-state index contributed by atoms with van der Waals surface area (Å²) in [5, 5.41) is 16.2. The summed E-state index contributed by atoms with van der Waals surface area (Å²) in [6.07, 6.45) is 1.40. The van der Waals surface area contributed by atoms with Crippen molar-refractivity contribution in [3.8, 4) is 0 Å². The molecule has 7 nitrogen and oxygen atoms in total. The van der Waals surface area contributed by atoms with E-state index < -0.39 is 16.7 Å². The van der Waals surface area contributed by atoms with Crippen LogP contribution in [0.1, 0.15) is 23.6 Å². The Morgan fingerprint density at radius 3 is 2.27 bits per heavy atom. The molecule has 2 aromatic rings. The van der Waals surface area contributed by atoms with Crippen molar-refractivity contribution in [3.05, 3.63) is 75.0 Å². The van der Waals surface area contributed by atoms with Crippen LogP contribution in [0.4, 0.5) is 11.4 Å². The summed E-state index contributed by atoms with van der Waals surface area (Å²) in [6.45, 7) is 5.02. The van der Waals surface area contributed by atoms with Crippen LogP contribution in [0.5, 0.6) is 0 Å². The van der Waals surface area contributed by atoms with Crippen molar-refractivity contribution in [1.29, 1.82) is 0 Å². The van der Waals surface area contributed by atoms with Crippen molar-refractivity contribution in [3.63, 3.8) is 0 Å². The highest BCUT2D eigenvalue weighted by atomic mass is 16.6. The lowest BCUT2D eigenvalue weighted by molar-refractivity contribution is -0.384. The molecule has 0 bridgehead atoms. The molecule has 2 rings (SSSR count). The van der Waals surface area contributed by atoms with Crippen LogP contribution in [0, 0.1) is 24.0 Å². The quantitative estimate of drug-likeness (QED) is 0.489. The zero-order valence-electron chi connectivity index (χ0n) is 14.7. The molecular weight excluding hydrogens is 334 g/mol. The fourth-order valence-electron chi connectivity index (χ4n) is 2.44. The third-order valence-corrected chi connectivity index (χ3v) is 3.67. The number of nitro benzene ring substituents is 1. The number of nitrogens with one attached hydrogen (secondary N) is 2. The Morgan fingerprint density at radius 2 is 1.69 bits per heavy atom. The molecule has 0 saturated heterocycles. The van der Waals surface area contributed by atoms with Crippen LogP contribution in [0.25, 0.3) is 6.08 Å². The Bertz CT molecular complexity index is 883. The molecule has 0 fully saturated rings. The van der Waals surface area contributed by atoms with Crippen LogP contribution in [0.3, 0.4) is 0 Å². The van der Waals surface area contributed by atoms with E-state index in [0.29, 0.717) is 11.3 Å². The van der Waals surface area contributed by atoms with E-state index in [0.717, 1.165) is 11.1 Å². The molecule has 7 heteroatoms. The second kappa shape index (κ2) is 8.06. The van der Waals surface area contributed by atoms with Gasteiger partial charge in [-0.1, -0.05) is 30.3 Å². The summed E-state index contributed by atoms with van der Waals surface area (Å²) in [5.41, 5.74) is 2.76. The lowest BCUT2D eigenvalue weighted by Gasteiger charge is -2.13. The molecule has 0 unspecified atom stereocenters. The van der Waals surface area contributed by atoms with E-state index in [1.54, 1.807) is 6.07 Å². The Kier molecular flexibility index (Phi) is 5.85. The number of rotatable bonds is 5. The van der Waals surface area contributed by atoms with Crippen molar-refractivity contribution in [2.75, 3.05) is 5.32 Å². The first kappa shape index (κ1) is 18.9. The number of benzene rings is 2. The number of aryl methyl sites for hydroxylation is 2. The highest BCUT2D eigenvalue weighted by molar-refractivity contribution is 6.09. The standard InChI is InChI=1S/C19H19N3O4/c1-12-6-4-7-13(2)18(12)21-19(24)17(20-14(3)23)11-15-8-5-9-16(10-15)22(25)26/h4-11H,1-3H3,(H,20,23)(H,21,24)/b17-11+. The van der Waals surface area contributed by atoms with Crippen LogP contribution in [-0.4, -0.2) is 16.7 Å². The zero-order chi connectivity index (χ0) is 19.3. The van der Waals surface area contributed by atoms with Gasteiger partial charge in [-0.15, -0.1) is 0 Å². The number of nitrogens with zero attached hydrogens (tertiary/aromatic N) is 1. The van der Waals surface area contributed by atoms with E-state index in [9.17, 15) is 19.7 Å². The first-order valence-corrected chi connectivity index (χ1v) is 7.89. The fraction of sp³-hybridized carbons (Fsp3) is 0.158. The third-order valence-electron chi connectivity index (χ3n) is 3.67. The number of para-hydroxylation sites is 1. The minimum atomic E-state index is -0.522. The summed E-state index contributed by atoms with van der Waals surface area (Å²) in [7, 11) is 0. The Labute approximate surface area is 150 Å². The molecule has 0 heterocycles. The maximum absolute atomic E-state index is 12.6. The van der Waals surface area contributed by atoms with Crippen molar-refractivity contribution in [2.45, 2.75) is 20.8 Å². The van der Waals surface area contributed by atoms with E-state index in [-0.39, 0.29) is 11.4 Å². The lowest BCUT2D eigenvalue weighted by Crippen LogP contribution is -2.29. The summed E-state index contributed by atoms with van der Waals surface area (Å²) >= 11 is 0. The van der Waals surface area contributed by atoms with Crippen LogP contribution < -0.4 is 10.6 Å². The highest BCUT2D eigenvalue weighted by Gasteiger charge is 2.14. The summed E-state index contributed by atoms with van der Waals surface area (Å²) in [6, 6.07) is 11.4. The minimum absolute atomic E-state index is 0.000603. The van der Waals surface area contributed by atoms with Gasteiger partial charge in [0.2, 0.25) is 5.91 Å². The molecule has 134 valence electrons. The molecule has 0 spiro atoms. The molecule has 0 aliphatic carbocycles. The maximum atomic E-state index is 12.6. The molecule has 2 aromatic carbocycles. The predicted octanol–water partition coefficient (Wildman–Crippen LogP) is 3.33. The average molecular weight is 353 g/mol. The summed E-state index contributed by atoms with van der Waals surface area (Å²) in [5.74, 6) is -0.928. The first-order chi connectivity index (χ1) is 12.3. The molecule has 0 aliphatic rings. The zero-order valence-corrected chi connectivity index (χ0v) is 14.7. The minimum Gasteiger partial charge on any atom is -0.322 e. The molecule has 2 amide bonds. The monoisotopic (exact) mass is 353 g/mol. The summed E-state index contributed by atoms with van der Waals surface area (Å²) in [4.78, 5) is 34.5. The van der Waals surface area contributed by atoms with Gasteiger partial charge in [-0.3, -0.25) is 19.7 Å². The van der Waals surface area contributed by atoms with Gasteiger partial charge in [0.15, 0.2) is 0 Å². The molecule has 2 N–H and O–H groups in total. The second-order valence-electron chi connectivity index (χ2n) is 5.81. The van der Waals surface area contributed by atoms with Crippen LogP contribution in [-0.2, 0) is 9.59 Å². The van der Waals surface area contributed by atoms with Gasteiger partial charge in [0.25, 0.3) is 11.6 Å². The number of carbonyl (C=O) groups excluding carboxylic acids is 2. The molecule has 26 heavy (non-hydrogen) atoms. The third kappa shape index (κ3) is 4.76. The van der Waals surface area contributed by atoms with Gasteiger partial charge in [-0.25, -0.2) is 0 Å². The van der Waals surface area contributed by atoms with Gasteiger partial charge in [0, 0.05) is 24.7 Å². The number of hydrogen-bond acceptors (Lipinski definition) is 4. The van der Waals surface area contributed by atoms with E-state index >= 15 is 0 Å². The van der Waals surface area contributed by atoms with Gasteiger partial charge in [0.05, 0.1) is 4.92 Å². The van der Waals surface area contributed by atoms with E-state index in [1.807, 2.05) is 32.0 Å². The number of nitro groups is 1. The average Bonchev–Trinajstić information content (AvgIpc) is 2.57. The van der Waals surface area contributed by atoms with Gasteiger partial charge in [-0.2, -0.15) is 0 Å². The lowest BCUT2D eigenvalue weighted by atomic mass is 10.1. The normalized spacial score (nSPS) is 11.0. The number of non-ortho nitro benzene ring substituents is 1. The number of carbonyl (C=O) groups is 2. The van der Waals surface area contributed by atoms with Gasteiger partial charge >= 0.3 is 0 Å². The fourth-order valence-corrected chi connectivity index (χ4v) is 2.44. The van der Waals surface area contributed by atoms with Gasteiger partial charge in [-0.05, 0) is 36.6 Å². The highest BCUT2D eigenvalue weighted by Crippen LogP contribution is 2.21. The Balaban J connectivity index is 2.37. The molecular formula is C19H19N3O4. The van der Waals surface area contributed by atoms with E-state index in [2.05, 4.69) is 10.6 Å². The smallest absolute Gasteiger partial charge is 0.272 e. The number of anilines is 1. The van der Waals surface area contributed by atoms with Crippen LogP contribution >= 0.6 is 0 Å². The van der Waals surface area contributed by atoms with E-state index in [4.69, 9.17) is 0 Å². The maximum Gasteiger partial charge on any atom is 0.272 e. The van der Waals surface area contributed by atoms with Crippen molar-refractivity contribution in [1.82, 2.24) is 5.32 Å². The molecule has 0 saturated carbocycles. The van der Waals surface area contributed by atoms with Gasteiger partial charge < -0.3 is 10.6 Å². The second-order valence-corrected chi connectivity index (χ2v) is 5.81. The van der Waals surface area contributed by atoms with Crippen molar-refractivity contribution >= 4 is 29.3 Å². The SMILES string of the molecule is CC(=O)N/C(=C/c1cccc([N+](=O)[O-])c1)C(=O)Nc1c(C)cccc1C. The number of amides is 2. The molecule has 0 aliphatic heterocycles. The predicted molar refractivity (Wildman–Crippen MR) is 99.4 cm³/mol. The van der Waals surface area contributed by atoms with Crippen LogP contribution in [0.15, 0.2) is 48.2 Å². The van der Waals surface area contributed by atoms with Crippen molar-refractivity contribution in [2.24, 2.45) is 0 Å². The van der Waals surface area contributed by atoms with E-state index in [1.165, 1.54) is 31.2 Å². The topological polar surface area (TPSA) is 101 Å². The molecule has 0 aromatic heterocycles. The first-order valence-electron chi connectivity index (χ1n) is 7.89. The molecule has 0 atom stereocenters. The van der Waals surface area contributed by atoms with Crippen molar-refractivity contribution < 1.29 is 14.5 Å². The molecule has 0 radical (unpaired) electrons. The number of hydrogen-bond donors (Lipinski definition) is 2. The summed E-state index contributed by atoms with van der Waals surface area (Å²) < 4.78 is 0. The Hall–Kier alpha value is -3.48. The van der Waals surface area contributed by atoms with Gasteiger partial charge in [0.1, 0.15) is 5.70 Å². The Morgan fingerprint density at radius 1 is 1.08 bits per heavy atom.